The molecule has 0 amide bonds. The molecule has 1 heterocycles. The Bertz CT molecular complexity index is 805. The van der Waals surface area contributed by atoms with Crippen LogP contribution in [-0.4, -0.2) is 22.4 Å². The predicted molar refractivity (Wildman–Crippen MR) is 118 cm³/mol. The van der Waals surface area contributed by atoms with Crippen molar-refractivity contribution in [1.82, 2.24) is 4.90 Å². The number of halogens is 1. The van der Waals surface area contributed by atoms with E-state index in [1.165, 1.54) is 5.56 Å². The van der Waals surface area contributed by atoms with Crippen LogP contribution in [0.25, 0.3) is 0 Å². The molecule has 27 heavy (non-hydrogen) atoms. The lowest BCUT2D eigenvalue weighted by Gasteiger charge is -2.38. The van der Waals surface area contributed by atoms with E-state index >= 15 is 0 Å². The number of aliphatic hydroxyl groups is 1. The minimum absolute atomic E-state index is 0.0329. The van der Waals surface area contributed by atoms with Gasteiger partial charge in [-0.2, -0.15) is 0 Å². The van der Waals surface area contributed by atoms with Crippen molar-refractivity contribution in [2.24, 2.45) is 4.99 Å². The number of aliphatic hydroxyl groups excluding tert-OH is 1. The van der Waals surface area contributed by atoms with Crippen LogP contribution in [0.15, 0.2) is 79.7 Å². The molecule has 0 aliphatic carbocycles. The highest BCUT2D eigenvalue weighted by Gasteiger charge is 2.30. The molecule has 1 N–H and O–H groups in total. The second kappa shape index (κ2) is 9.47. The van der Waals surface area contributed by atoms with E-state index in [1.54, 1.807) is 11.8 Å². The smallest absolute Gasteiger partial charge is 0.205 e. The third-order valence-electron chi connectivity index (χ3n) is 4.71. The fraction of sp³-hybridized carbons (Fsp3) is 0.318. The molecule has 0 saturated heterocycles. The summed E-state index contributed by atoms with van der Waals surface area (Å²) >= 11 is 5.01. The minimum atomic E-state index is -0.0329. The lowest BCUT2D eigenvalue weighted by Crippen LogP contribution is -2.38. The molecule has 0 bridgehead atoms. The summed E-state index contributed by atoms with van der Waals surface area (Å²) in [5.74, 6) is 0.315. The summed E-state index contributed by atoms with van der Waals surface area (Å²) in [5, 5.41) is 11.1. The summed E-state index contributed by atoms with van der Waals surface area (Å²) in [6.07, 6.45) is 4.93. The first-order valence-corrected chi connectivity index (χ1v) is 10.9. The Morgan fingerprint density at radius 2 is 1.85 bits per heavy atom. The summed E-state index contributed by atoms with van der Waals surface area (Å²) in [6, 6.07) is 18.5. The van der Waals surface area contributed by atoms with Crippen LogP contribution in [0.5, 0.6) is 0 Å². The summed E-state index contributed by atoms with van der Waals surface area (Å²) in [5.41, 5.74) is 1.18. The quantitative estimate of drug-likeness (QED) is 0.502. The highest BCUT2D eigenvalue weighted by atomic mass is 79.9. The molecule has 0 radical (unpaired) electrons. The van der Waals surface area contributed by atoms with Crippen molar-refractivity contribution in [3.05, 3.63) is 75.4 Å². The van der Waals surface area contributed by atoms with Crippen molar-refractivity contribution in [2.75, 3.05) is 0 Å². The van der Waals surface area contributed by atoms with E-state index in [9.17, 15) is 5.11 Å². The Labute approximate surface area is 174 Å². The molecule has 3 nitrogen and oxygen atoms in total. The fourth-order valence-electron chi connectivity index (χ4n) is 3.19. The SMILES string of the molecule is CCCC[C@H]1N=CC(Sc2ccc(Br)cc2)=C(O)N1C(C)c1ccccc1. The number of thioether (sulfide) groups is 1. The highest BCUT2D eigenvalue weighted by Crippen LogP contribution is 2.37. The third-order valence-corrected chi connectivity index (χ3v) is 6.25. The van der Waals surface area contributed by atoms with Crippen molar-refractivity contribution in [2.45, 2.75) is 50.2 Å². The molecule has 0 aromatic heterocycles. The van der Waals surface area contributed by atoms with Crippen LogP contribution in [0.2, 0.25) is 0 Å². The molecule has 1 unspecified atom stereocenters. The van der Waals surface area contributed by atoms with Gasteiger partial charge in [0.1, 0.15) is 6.17 Å². The van der Waals surface area contributed by atoms with Gasteiger partial charge in [0, 0.05) is 15.6 Å². The molecule has 2 aromatic rings. The van der Waals surface area contributed by atoms with Crippen LogP contribution in [0.3, 0.4) is 0 Å². The lowest BCUT2D eigenvalue weighted by atomic mass is 10.0. The van der Waals surface area contributed by atoms with E-state index in [0.717, 1.165) is 33.5 Å². The van der Waals surface area contributed by atoms with Crippen LogP contribution in [-0.2, 0) is 0 Å². The molecule has 142 valence electrons. The van der Waals surface area contributed by atoms with Gasteiger partial charge in [-0.05, 0) is 49.6 Å². The normalized spacial score (nSPS) is 18.0. The van der Waals surface area contributed by atoms with E-state index in [4.69, 9.17) is 4.99 Å². The van der Waals surface area contributed by atoms with Gasteiger partial charge in [-0.25, -0.2) is 0 Å². The van der Waals surface area contributed by atoms with Crippen LogP contribution in [0.4, 0.5) is 0 Å². The molecule has 2 aromatic carbocycles. The van der Waals surface area contributed by atoms with Gasteiger partial charge in [0.15, 0.2) is 0 Å². The van der Waals surface area contributed by atoms with Crippen molar-refractivity contribution < 1.29 is 5.11 Å². The summed E-state index contributed by atoms with van der Waals surface area (Å²) in [4.78, 5) is 8.71. The Kier molecular flexibility index (Phi) is 7.02. The van der Waals surface area contributed by atoms with Crippen LogP contribution >= 0.6 is 27.7 Å². The van der Waals surface area contributed by atoms with Crippen LogP contribution < -0.4 is 0 Å². The maximum absolute atomic E-state index is 11.1. The second-order valence-electron chi connectivity index (χ2n) is 6.64. The van der Waals surface area contributed by atoms with Gasteiger partial charge in [-0.3, -0.25) is 4.99 Å². The number of benzene rings is 2. The Morgan fingerprint density at radius 1 is 1.15 bits per heavy atom. The average molecular weight is 445 g/mol. The fourth-order valence-corrected chi connectivity index (χ4v) is 4.29. The van der Waals surface area contributed by atoms with Gasteiger partial charge in [-0.15, -0.1) is 0 Å². The first-order valence-electron chi connectivity index (χ1n) is 9.33. The molecule has 0 fully saturated rings. The molecule has 1 aliphatic rings. The monoisotopic (exact) mass is 444 g/mol. The largest absolute Gasteiger partial charge is 0.494 e. The molecule has 0 spiro atoms. The third kappa shape index (κ3) is 4.96. The van der Waals surface area contributed by atoms with E-state index in [2.05, 4.69) is 46.8 Å². The number of hydrogen-bond donors (Lipinski definition) is 1. The summed E-state index contributed by atoms with van der Waals surface area (Å²) < 4.78 is 1.04. The van der Waals surface area contributed by atoms with Crippen molar-refractivity contribution >= 4 is 33.9 Å². The number of unbranched alkanes of at least 4 members (excludes halogenated alkanes) is 1. The molecule has 2 atom stereocenters. The Morgan fingerprint density at radius 3 is 2.52 bits per heavy atom. The minimum Gasteiger partial charge on any atom is -0.494 e. The highest BCUT2D eigenvalue weighted by molar-refractivity contribution is 9.10. The molecule has 3 rings (SSSR count). The van der Waals surface area contributed by atoms with Crippen LogP contribution in [0.1, 0.15) is 44.7 Å². The van der Waals surface area contributed by atoms with E-state index in [1.807, 2.05) is 48.7 Å². The lowest BCUT2D eigenvalue weighted by molar-refractivity contribution is 0.104. The topological polar surface area (TPSA) is 35.8 Å². The summed E-state index contributed by atoms with van der Waals surface area (Å²) in [7, 11) is 0. The van der Waals surface area contributed by atoms with E-state index < -0.39 is 0 Å². The van der Waals surface area contributed by atoms with Gasteiger partial charge < -0.3 is 10.0 Å². The number of allylic oxidation sites excluding steroid dienone is 1. The standard InChI is InChI=1S/C22H25BrN2OS/c1-3-4-10-21-24-15-20(27-19-13-11-18(23)12-14-19)22(26)25(21)16(2)17-8-6-5-7-9-17/h5-9,11-16,21,26H,3-4,10H2,1-2H3/t16?,21-/m0/s1. The van der Waals surface area contributed by atoms with Gasteiger partial charge in [-0.1, -0.05) is 71.4 Å². The molecule has 5 heteroatoms. The van der Waals surface area contributed by atoms with Crippen molar-refractivity contribution in [1.29, 1.82) is 0 Å². The maximum Gasteiger partial charge on any atom is 0.205 e. The molecular weight excluding hydrogens is 420 g/mol. The van der Waals surface area contributed by atoms with Crippen molar-refractivity contribution in [3.63, 3.8) is 0 Å². The number of aliphatic imine (C=N–C) groups is 1. The average Bonchev–Trinajstić information content (AvgIpc) is 2.70. The predicted octanol–water partition coefficient (Wildman–Crippen LogP) is 6.93. The number of hydrogen-bond acceptors (Lipinski definition) is 4. The Balaban J connectivity index is 1.89. The maximum atomic E-state index is 11.1. The zero-order valence-corrected chi connectivity index (χ0v) is 18.1. The Hall–Kier alpha value is -1.72. The van der Waals surface area contributed by atoms with E-state index in [0.29, 0.717) is 5.88 Å². The van der Waals surface area contributed by atoms with Gasteiger partial charge in [0.05, 0.1) is 10.9 Å². The number of nitrogens with zero attached hydrogens (tertiary/aromatic N) is 2. The summed E-state index contributed by atoms with van der Waals surface area (Å²) in [6.45, 7) is 4.31. The zero-order chi connectivity index (χ0) is 19.2. The molecule has 0 saturated carbocycles. The van der Waals surface area contributed by atoms with E-state index in [-0.39, 0.29) is 12.2 Å². The molecule has 1 aliphatic heterocycles. The number of rotatable bonds is 7. The van der Waals surface area contributed by atoms with Gasteiger partial charge >= 0.3 is 0 Å². The van der Waals surface area contributed by atoms with Crippen LogP contribution in [0, 0.1) is 0 Å². The zero-order valence-electron chi connectivity index (χ0n) is 15.7. The first-order chi connectivity index (χ1) is 13.1. The van der Waals surface area contributed by atoms with Gasteiger partial charge in [0.25, 0.3) is 0 Å². The molecular formula is C22H25BrN2OS. The van der Waals surface area contributed by atoms with Gasteiger partial charge in [0.2, 0.25) is 5.88 Å². The second-order valence-corrected chi connectivity index (χ2v) is 8.67. The van der Waals surface area contributed by atoms with Crippen molar-refractivity contribution in [3.8, 4) is 0 Å². The first kappa shape index (κ1) is 20.0.